The molecule has 0 aromatic heterocycles. The van der Waals surface area contributed by atoms with Gasteiger partial charge in [0.2, 0.25) is 0 Å². The fourth-order valence-electron chi connectivity index (χ4n) is 1.71. The number of allylic oxidation sites excluding steroid dienone is 2. The molecule has 2 nitrogen and oxygen atoms in total. The van der Waals surface area contributed by atoms with E-state index in [1.165, 1.54) is 19.3 Å². The SMILES string of the molecule is CCCC/C=C\CCCCC(CC)C(=O)O. The lowest BCUT2D eigenvalue weighted by Gasteiger charge is -2.07. The molecule has 0 aromatic carbocycles. The number of carboxylic acid groups (broad SMARTS) is 1. The normalized spacial score (nSPS) is 13.1. The van der Waals surface area contributed by atoms with Crippen LogP contribution < -0.4 is 0 Å². The lowest BCUT2D eigenvalue weighted by atomic mass is 9.99. The summed E-state index contributed by atoms with van der Waals surface area (Å²) < 4.78 is 0. The molecule has 0 saturated heterocycles. The third-order valence-electron chi connectivity index (χ3n) is 2.91. The van der Waals surface area contributed by atoms with Gasteiger partial charge in [-0.3, -0.25) is 4.79 Å². The monoisotopic (exact) mass is 226 g/mol. The standard InChI is InChI=1S/C14H26O2/c1-3-5-6-7-8-9-10-11-12-13(4-2)14(15)16/h7-8,13H,3-6,9-12H2,1-2H3,(H,15,16)/b8-7-. The molecule has 0 aliphatic rings. The van der Waals surface area contributed by atoms with Gasteiger partial charge in [-0.15, -0.1) is 0 Å². The lowest BCUT2D eigenvalue weighted by Crippen LogP contribution is -2.12. The molecule has 0 heterocycles. The predicted molar refractivity (Wildman–Crippen MR) is 68.5 cm³/mol. The molecule has 16 heavy (non-hydrogen) atoms. The first-order chi connectivity index (χ1) is 7.72. The van der Waals surface area contributed by atoms with E-state index in [1.54, 1.807) is 0 Å². The summed E-state index contributed by atoms with van der Waals surface area (Å²) >= 11 is 0. The molecule has 1 N–H and O–H groups in total. The van der Waals surface area contributed by atoms with E-state index < -0.39 is 5.97 Å². The van der Waals surface area contributed by atoms with Crippen LogP contribution in [0, 0.1) is 5.92 Å². The van der Waals surface area contributed by atoms with Gasteiger partial charge in [0.15, 0.2) is 0 Å². The van der Waals surface area contributed by atoms with Crippen LogP contribution in [0.3, 0.4) is 0 Å². The van der Waals surface area contributed by atoms with Gasteiger partial charge >= 0.3 is 5.97 Å². The zero-order valence-corrected chi connectivity index (χ0v) is 10.7. The van der Waals surface area contributed by atoms with Crippen LogP contribution in [0.5, 0.6) is 0 Å². The van der Waals surface area contributed by atoms with Gasteiger partial charge in [0.25, 0.3) is 0 Å². The minimum atomic E-state index is -0.638. The molecule has 0 aliphatic carbocycles. The van der Waals surface area contributed by atoms with Crippen LogP contribution >= 0.6 is 0 Å². The molecule has 0 amide bonds. The van der Waals surface area contributed by atoms with Crippen molar-refractivity contribution in [2.75, 3.05) is 0 Å². The first-order valence-electron chi connectivity index (χ1n) is 6.60. The van der Waals surface area contributed by atoms with Crippen LogP contribution in [0.2, 0.25) is 0 Å². The number of unbranched alkanes of at least 4 members (excludes halogenated alkanes) is 4. The Morgan fingerprint density at radius 1 is 1.12 bits per heavy atom. The van der Waals surface area contributed by atoms with Crippen molar-refractivity contribution in [3.8, 4) is 0 Å². The summed E-state index contributed by atoms with van der Waals surface area (Å²) in [5, 5.41) is 8.86. The Morgan fingerprint density at radius 2 is 1.75 bits per heavy atom. The Balaban J connectivity index is 3.38. The van der Waals surface area contributed by atoms with Gasteiger partial charge in [-0.25, -0.2) is 0 Å². The van der Waals surface area contributed by atoms with Crippen LogP contribution in [-0.4, -0.2) is 11.1 Å². The summed E-state index contributed by atoms with van der Waals surface area (Å²) in [6.07, 6.45) is 13.0. The van der Waals surface area contributed by atoms with E-state index in [9.17, 15) is 4.79 Å². The molecule has 94 valence electrons. The molecule has 0 spiro atoms. The van der Waals surface area contributed by atoms with Gasteiger partial charge in [-0.05, 0) is 32.1 Å². The molecule has 1 atom stereocenters. The highest BCUT2D eigenvalue weighted by atomic mass is 16.4. The highest BCUT2D eigenvalue weighted by Gasteiger charge is 2.13. The predicted octanol–water partition coefficient (Wildman–Crippen LogP) is 4.40. The molecule has 2 heteroatoms. The Bertz CT molecular complexity index is 197. The van der Waals surface area contributed by atoms with E-state index in [-0.39, 0.29) is 5.92 Å². The van der Waals surface area contributed by atoms with E-state index in [2.05, 4.69) is 19.1 Å². The smallest absolute Gasteiger partial charge is 0.306 e. The van der Waals surface area contributed by atoms with Gasteiger partial charge in [0, 0.05) is 0 Å². The van der Waals surface area contributed by atoms with Gasteiger partial charge in [-0.1, -0.05) is 45.3 Å². The highest BCUT2D eigenvalue weighted by molar-refractivity contribution is 5.69. The first kappa shape index (κ1) is 15.2. The van der Waals surface area contributed by atoms with E-state index in [4.69, 9.17) is 5.11 Å². The topological polar surface area (TPSA) is 37.3 Å². The molecule has 0 aromatic rings. The molecule has 0 aliphatic heterocycles. The highest BCUT2D eigenvalue weighted by Crippen LogP contribution is 2.13. The average Bonchev–Trinajstić information content (AvgIpc) is 2.26. The molecule has 0 bridgehead atoms. The first-order valence-corrected chi connectivity index (χ1v) is 6.60. The number of hydrogen-bond donors (Lipinski definition) is 1. The van der Waals surface area contributed by atoms with Gasteiger partial charge < -0.3 is 5.11 Å². The third kappa shape index (κ3) is 8.51. The van der Waals surface area contributed by atoms with E-state index in [1.807, 2.05) is 6.92 Å². The maximum absolute atomic E-state index is 10.8. The Hall–Kier alpha value is -0.790. The van der Waals surface area contributed by atoms with Crippen LogP contribution in [0.1, 0.15) is 65.2 Å². The van der Waals surface area contributed by atoms with Crippen molar-refractivity contribution in [3.05, 3.63) is 12.2 Å². The van der Waals surface area contributed by atoms with E-state index in [0.29, 0.717) is 0 Å². The number of carboxylic acids is 1. The second-order valence-corrected chi connectivity index (χ2v) is 4.34. The van der Waals surface area contributed by atoms with Gasteiger partial charge in [0.1, 0.15) is 0 Å². The van der Waals surface area contributed by atoms with Crippen molar-refractivity contribution < 1.29 is 9.90 Å². The molecule has 0 rings (SSSR count). The Morgan fingerprint density at radius 3 is 2.25 bits per heavy atom. The lowest BCUT2D eigenvalue weighted by molar-refractivity contribution is -0.142. The summed E-state index contributed by atoms with van der Waals surface area (Å²) in [5.74, 6) is -0.773. The second kappa shape index (κ2) is 10.7. The van der Waals surface area contributed by atoms with Crippen molar-refractivity contribution in [3.63, 3.8) is 0 Å². The maximum Gasteiger partial charge on any atom is 0.306 e. The van der Waals surface area contributed by atoms with Crippen LogP contribution in [0.15, 0.2) is 12.2 Å². The van der Waals surface area contributed by atoms with Gasteiger partial charge in [-0.2, -0.15) is 0 Å². The Labute approximate surface area is 99.7 Å². The fourth-order valence-corrected chi connectivity index (χ4v) is 1.71. The number of hydrogen-bond acceptors (Lipinski definition) is 1. The van der Waals surface area contributed by atoms with Crippen LogP contribution in [0.25, 0.3) is 0 Å². The summed E-state index contributed by atoms with van der Waals surface area (Å²) in [4.78, 5) is 10.8. The number of aliphatic carboxylic acids is 1. The van der Waals surface area contributed by atoms with Crippen molar-refractivity contribution in [1.29, 1.82) is 0 Å². The number of rotatable bonds is 10. The summed E-state index contributed by atoms with van der Waals surface area (Å²) in [7, 11) is 0. The molecule has 0 fully saturated rings. The second-order valence-electron chi connectivity index (χ2n) is 4.34. The van der Waals surface area contributed by atoms with Crippen molar-refractivity contribution >= 4 is 5.97 Å². The minimum Gasteiger partial charge on any atom is -0.481 e. The fraction of sp³-hybridized carbons (Fsp3) is 0.786. The van der Waals surface area contributed by atoms with Crippen molar-refractivity contribution in [2.24, 2.45) is 5.92 Å². The summed E-state index contributed by atoms with van der Waals surface area (Å²) in [5.41, 5.74) is 0. The third-order valence-corrected chi connectivity index (χ3v) is 2.91. The number of carbonyl (C=O) groups is 1. The largest absolute Gasteiger partial charge is 0.481 e. The molecular weight excluding hydrogens is 200 g/mol. The van der Waals surface area contributed by atoms with Crippen LogP contribution in [0.4, 0.5) is 0 Å². The van der Waals surface area contributed by atoms with E-state index >= 15 is 0 Å². The summed E-state index contributed by atoms with van der Waals surface area (Å²) in [6, 6.07) is 0. The quantitative estimate of drug-likeness (QED) is 0.442. The molecule has 0 saturated carbocycles. The van der Waals surface area contributed by atoms with Gasteiger partial charge in [0.05, 0.1) is 5.92 Å². The average molecular weight is 226 g/mol. The zero-order chi connectivity index (χ0) is 12.2. The minimum absolute atomic E-state index is 0.135. The maximum atomic E-state index is 10.8. The molecule has 0 radical (unpaired) electrons. The zero-order valence-electron chi connectivity index (χ0n) is 10.7. The van der Waals surface area contributed by atoms with Crippen molar-refractivity contribution in [2.45, 2.75) is 65.2 Å². The van der Waals surface area contributed by atoms with E-state index in [0.717, 1.165) is 32.1 Å². The van der Waals surface area contributed by atoms with Crippen LogP contribution in [-0.2, 0) is 4.79 Å². The summed E-state index contributed by atoms with van der Waals surface area (Å²) in [6.45, 7) is 4.15. The van der Waals surface area contributed by atoms with Crippen molar-refractivity contribution in [1.82, 2.24) is 0 Å². The Kier molecular flexibility index (Phi) is 10.2. The molecule has 1 unspecified atom stereocenters. The molecular formula is C14H26O2.